The fraction of sp³-hybridized carbons (Fsp3) is 0.176. The first-order valence-corrected chi connectivity index (χ1v) is 6.44. The normalized spacial score (nSPS) is 10.9. The SMILES string of the molecule is COCOc1ccc2c(ccc3cc(OC)ccc32)c1. The zero-order valence-electron chi connectivity index (χ0n) is 11.6. The van der Waals surface area contributed by atoms with Crippen molar-refractivity contribution in [1.82, 2.24) is 0 Å². The largest absolute Gasteiger partial charge is 0.497 e. The lowest BCUT2D eigenvalue weighted by Crippen LogP contribution is -1.98. The zero-order valence-corrected chi connectivity index (χ0v) is 11.6. The van der Waals surface area contributed by atoms with Gasteiger partial charge in [-0.15, -0.1) is 0 Å². The van der Waals surface area contributed by atoms with Crippen LogP contribution in [0.15, 0.2) is 48.5 Å². The van der Waals surface area contributed by atoms with E-state index in [2.05, 4.69) is 24.3 Å². The average molecular weight is 268 g/mol. The molecular weight excluding hydrogens is 252 g/mol. The Morgan fingerprint density at radius 2 is 1.35 bits per heavy atom. The third-order valence-corrected chi connectivity index (χ3v) is 3.36. The number of methoxy groups -OCH3 is 2. The monoisotopic (exact) mass is 268 g/mol. The third kappa shape index (κ3) is 2.28. The molecule has 3 aromatic rings. The van der Waals surface area contributed by atoms with Gasteiger partial charge in [-0.2, -0.15) is 0 Å². The minimum Gasteiger partial charge on any atom is -0.497 e. The Bertz CT molecular complexity index is 750. The van der Waals surface area contributed by atoms with E-state index >= 15 is 0 Å². The molecule has 0 amide bonds. The van der Waals surface area contributed by atoms with E-state index in [0.29, 0.717) is 0 Å². The summed E-state index contributed by atoms with van der Waals surface area (Å²) in [5.74, 6) is 1.68. The van der Waals surface area contributed by atoms with Crippen LogP contribution in [0.3, 0.4) is 0 Å². The molecule has 3 rings (SSSR count). The molecule has 0 radical (unpaired) electrons. The molecule has 0 N–H and O–H groups in total. The number of hydrogen-bond donors (Lipinski definition) is 0. The van der Waals surface area contributed by atoms with Crippen LogP contribution in [0.2, 0.25) is 0 Å². The predicted octanol–water partition coefficient (Wildman–Crippen LogP) is 3.98. The highest BCUT2D eigenvalue weighted by Gasteiger charge is 2.03. The van der Waals surface area contributed by atoms with Crippen LogP contribution in [-0.2, 0) is 4.74 Å². The average Bonchev–Trinajstić information content (AvgIpc) is 2.51. The van der Waals surface area contributed by atoms with Crippen LogP contribution in [0.5, 0.6) is 11.5 Å². The van der Waals surface area contributed by atoms with Gasteiger partial charge in [0, 0.05) is 7.11 Å². The van der Waals surface area contributed by atoms with Gasteiger partial charge in [-0.1, -0.05) is 24.3 Å². The molecule has 0 saturated heterocycles. The van der Waals surface area contributed by atoms with E-state index in [9.17, 15) is 0 Å². The first-order chi connectivity index (χ1) is 9.81. The van der Waals surface area contributed by atoms with Gasteiger partial charge in [0.1, 0.15) is 11.5 Å². The van der Waals surface area contributed by atoms with Gasteiger partial charge in [0.05, 0.1) is 7.11 Å². The van der Waals surface area contributed by atoms with Crippen molar-refractivity contribution in [3.8, 4) is 11.5 Å². The molecule has 0 saturated carbocycles. The highest BCUT2D eigenvalue weighted by atomic mass is 16.7. The summed E-state index contributed by atoms with van der Waals surface area (Å²) in [7, 11) is 3.30. The molecule has 3 nitrogen and oxygen atoms in total. The third-order valence-electron chi connectivity index (χ3n) is 3.36. The first kappa shape index (κ1) is 12.8. The van der Waals surface area contributed by atoms with Crippen LogP contribution < -0.4 is 9.47 Å². The fourth-order valence-electron chi connectivity index (χ4n) is 2.37. The predicted molar refractivity (Wildman–Crippen MR) is 80.5 cm³/mol. The molecule has 0 aliphatic rings. The van der Waals surface area contributed by atoms with Crippen LogP contribution in [0.4, 0.5) is 0 Å². The Hall–Kier alpha value is -2.26. The lowest BCUT2D eigenvalue weighted by molar-refractivity contribution is 0.0512. The lowest BCUT2D eigenvalue weighted by Gasteiger charge is -2.09. The molecule has 102 valence electrons. The van der Waals surface area contributed by atoms with Crippen LogP contribution in [-0.4, -0.2) is 21.0 Å². The molecule has 0 aliphatic carbocycles. The summed E-state index contributed by atoms with van der Waals surface area (Å²) in [5.41, 5.74) is 0. The second-order valence-electron chi connectivity index (χ2n) is 4.59. The number of benzene rings is 3. The maximum atomic E-state index is 5.47. The van der Waals surface area contributed by atoms with E-state index in [1.165, 1.54) is 16.2 Å². The van der Waals surface area contributed by atoms with Crippen LogP contribution >= 0.6 is 0 Å². The summed E-state index contributed by atoms with van der Waals surface area (Å²) < 4.78 is 15.7. The summed E-state index contributed by atoms with van der Waals surface area (Å²) in [4.78, 5) is 0. The minimum atomic E-state index is 0.260. The number of rotatable bonds is 4. The van der Waals surface area contributed by atoms with E-state index in [4.69, 9.17) is 14.2 Å². The molecule has 0 unspecified atom stereocenters. The van der Waals surface area contributed by atoms with Crippen molar-refractivity contribution >= 4 is 21.5 Å². The minimum absolute atomic E-state index is 0.260. The van der Waals surface area contributed by atoms with Gasteiger partial charge in [0.15, 0.2) is 6.79 Å². The molecule has 3 aromatic carbocycles. The van der Waals surface area contributed by atoms with Crippen molar-refractivity contribution in [3.63, 3.8) is 0 Å². The molecule has 0 aliphatic heterocycles. The summed E-state index contributed by atoms with van der Waals surface area (Å²) >= 11 is 0. The van der Waals surface area contributed by atoms with Crippen molar-refractivity contribution in [2.45, 2.75) is 0 Å². The molecule has 0 atom stereocenters. The van der Waals surface area contributed by atoms with E-state index in [1.807, 2.05) is 24.3 Å². The molecule has 0 aromatic heterocycles. The Morgan fingerprint density at radius 1 is 0.750 bits per heavy atom. The molecule has 3 heteroatoms. The van der Waals surface area contributed by atoms with Gasteiger partial charge < -0.3 is 14.2 Å². The van der Waals surface area contributed by atoms with Crippen molar-refractivity contribution in [2.75, 3.05) is 21.0 Å². The van der Waals surface area contributed by atoms with E-state index in [1.54, 1.807) is 14.2 Å². The maximum Gasteiger partial charge on any atom is 0.188 e. The zero-order chi connectivity index (χ0) is 13.9. The van der Waals surface area contributed by atoms with Crippen molar-refractivity contribution in [3.05, 3.63) is 48.5 Å². The second-order valence-corrected chi connectivity index (χ2v) is 4.59. The quantitative estimate of drug-likeness (QED) is 0.529. The highest BCUT2D eigenvalue weighted by Crippen LogP contribution is 2.30. The van der Waals surface area contributed by atoms with Gasteiger partial charge in [-0.25, -0.2) is 0 Å². The summed E-state index contributed by atoms with van der Waals surface area (Å²) in [5, 5.41) is 4.73. The molecule has 0 spiro atoms. The lowest BCUT2D eigenvalue weighted by atomic mass is 10.0. The molecule has 20 heavy (non-hydrogen) atoms. The summed E-state index contributed by atoms with van der Waals surface area (Å²) in [6, 6.07) is 16.4. The number of ether oxygens (including phenoxy) is 3. The van der Waals surface area contributed by atoms with E-state index < -0.39 is 0 Å². The van der Waals surface area contributed by atoms with Gasteiger partial charge in [-0.3, -0.25) is 0 Å². The smallest absolute Gasteiger partial charge is 0.188 e. The highest BCUT2D eigenvalue weighted by molar-refractivity contribution is 6.08. The molecule has 0 heterocycles. The van der Waals surface area contributed by atoms with Crippen molar-refractivity contribution < 1.29 is 14.2 Å². The number of hydrogen-bond acceptors (Lipinski definition) is 3. The first-order valence-electron chi connectivity index (χ1n) is 6.44. The Morgan fingerprint density at radius 3 is 1.95 bits per heavy atom. The second kappa shape index (κ2) is 5.39. The van der Waals surface area contributed by atoms with Crippen molar-refractivity contribution in [1.29, 1.82) is 0 Å². The fourth-order valence-corrected chi connectivity index (χ4v) is 2.37. The summed E-state index contributed by atoms with van der Waals surface area (Å²) in [6.45, 7) is 0.260. The van der Waals surface area contributed by atoms with Gasteiger partial charge in [-0.05, 0) is 45.8 Å². The number of fused-ring (bicyclic) bond motifs is 3. The topological polar surface area (TPSA) is 27.7 Å². The van der Waals surface area contributed by atoms with Gasteiger partial charge in [0.25, 0.3) is 0 Å². The Balaban J connectivity index is 2.12. The van der Waals surface area contributed by atoms with E-state index in [-0.39, 0.29) is 6.79 Å². The van der Waals surface area contributed by atoms with Crippen LogP contribution in [0.1, 0.15) is 0 Å². The maximum absolute atomic E-state index is 5.47. The van der Waals surface area contributed by atoms with Crippen LogP contribution in [0.25, 0.3) is 21.5 Å². The molecule has 0 bridgehead atoms. The standard InChI is InChI=1S/C17H16O3/c1-18-11-20-15-6-8-17-13(10-15)4-3-12-9-14(19-2)5-7-16(12)17/h3-10H,11H2,1-2H3. The van der Waals surface area contributed by atoms with E-state index in [0.717, 1.165) is 16.9 Å². The van der Waals surface area contributed by atoms with Crippen molar-refractivity contribution in [2.24, 2.45) is 0 Å². The Kier molecular flexibility index (Phi) is 3.44. The van der Waals surface area contributed by atoms with Gasteiger partial charge in [0.2, 0.25) is 0 Å². The summed E-state index contributed by atoms with van der Waals surface area (Å²) in [6.07, 6.45) is 0. The molecular formula is C17H16O3. The Labute approximate surface area is 117 Å². The molecule has 0 fully saturated rings. The van der Waals surface area contributed by atoms with Crippen LogP contribution in [0, 0.1) is 0 Å². The van der Waals surface area contributed by atoms with Gasteiger partial charge >= 0.3 is 0 Å².